The van der Waals surface area contributed by atoms with Gasteiger partial charge < -0.3 is 4.90 Å². The van der Waals surface area contributed by atoms with Crippen LogP contribution in [0.3, 0.4) is 0 Å². The number of alkyl halides is 3. The lowest BCUT2D eigenvalue weighted by Gasteiger charge is -2.57. The Bertz CT molecular complexity index is 949. The predicted molar refractivity (Wildman–Crippen MR) is 107 cm³/mol. The zero-order valence-corrected chi connectivity index (χ0v) is 18.1. The average Bonchev–Trinajstić information content (AvgIpc) is 2.72. The summed E-state index contributed by atoms with van der Waals surface area (Å²) in [7, 11) is -4.29. The number of hydrogen-bond acceptors (Lipinski definition) is 3. The molecule has 4 saturated carbocycles. The highest BCUT2D eigenvalue weighted by Gasteiger charge is 2.55. The number of rotatable bonds is 3. The standard InChI is InChI=1S/C22H27F3N2O3S/c23-22(24,25)18-3-1-2-4-19(18)31(29,30)27-7-5-26(6-8-27)20(28)21-12-15-9-16(13-21)11-17(10-15)14-21/h1-4,15-17H,5-14H2. The molecule has 9 heteroatoms. The zero-order valence-electron chi connectivity index (χ0n) is 17.3. The van der Waals surface area contributed by atoms with Crippen LogP contribution in [-0.2, 0) is 21.0 Å². The minimum Gasteiger partial charge on any atom is -0.340 e. The van der Waals surface area contributed by atoms with E-state index in [1.165, 1.54) is 31.4 Å². The molecular weight excluding hydrogens is 429 g/mol. The van der Waals surface area contributed by atoms with Crippen LogP contribution >= 0.6 is 0 Å². The number of halogens is 3. The number of piperazine rings is 1. The number of hydrogen-bond donors (Lipinski definition) is 0. The van der Waals surface area contributed by atoms with Gasteiger partial charge in [0.1, 0.15) is 0 Å². The molecule has 1 heterocycles. The van der Waals surface area contributed by atoms with Crippen LogP contribution in [0.5, 0.6) is 0 Å². The third kappa shape index (κ3) is 3.57. The molecule has 1 saturated heterocycles. The summed E-state index contributed by atoms with van der Waals surface area (Å²) in [6.07, 6.45) is 1.77. The lowest BCUT2D eigenvalue weighted by molar-refractivity contribution is -0.158. The molecule has 0 N–H and O–H groups in total. The molecule has 1 aromatic rings. The Morgan fingerprint density at radius 2 is 1.42 bits per heavy atom. The second kappa shape index (κ2) is 7.20. The van der Waals surface area contributed by atoms with Crippen molar-refractivity contribution < 1.29 is 26.4 Å². The van der Waals surface area contributed by atoms with E-state index in [-0.39, 0.29) is 37.5 Å². The maximum absolute atomic E-state index is 13.5. The SMILES string of the molecule is O=C(N1CCN(S(=O)(=O)c2ccccc2C(F)(F)F)CC1)C12CC3CC(CC(C3)C1)C2. The van der Waals surface area contributed by atoms with E-state index in [4.69, 9.17) is 0 Å². The number of nitrogens with zero attached hydrogens (tertiary/aromatic N) is 2. The molecular formula is C22H27F3N2O3S. The number of sulfonamides is 1. The fourth-order valence-electron chi connectivity index (χ4n) is 6.90. The smallest absolute Gasteiger partial charge is 0.340 e. The van der Waals surface area contributed by atoms with Gasteiger partial charge in [-0.1, -0.05) is 12.1 Å². The normalized spacial score (nSPS) is 33.6. The second-order valence-corrected chi connectivity index (χ2v) is 11.8. The highest BCUT2D eigenvalue weighted by molar-refractivity contribution is 7.89. The minimum atomic E-state index is -4.75. The van der Waals surface area contributed by atoms with Crippen molar-refractivity contribution in [2.75, 3.05) is 26.2 Å². The number of carbonyl (C=O) groups is 1. The molecule has 0 radical (unpaired) electrons. The second-order valence-electron chi connectivity index (χ2n) is 9.89. The molecule has 5 nitrogen and oxygen atoms in total. The van der Waals surface area contributed by atoms with E-state index in [0.717, 1.165) is 35.7 Å². The van der Waals surface area contributed by atoms with Crippen molar-refractivity contribution in [2.45, 2.75) is 49.6 Å². The summed E-state index contributed by atoms with van der Waals surface area (Å²) in [5.41, 5.74) is -1.44. The Hall–Kier alpha value is -1.61. The summed E-state index contributed by atoms with van der Waals surface area (Å²) in [6, 6.07) is 4.28. The molecule has 1 aliphatic heterocycles. The van der Waals surface area contributed by atoms with E-state index in [0.29, 0.717) is 17.8 Å². The van der Waals surface area contributed by atoms with E-state index in [1.54, 1.807) is 4.90 Å². The van der Waals surface area contributed by atoms with E-state index >= 15 is 0 Å². The van der Waals surface area contributed by atoms with Crippen molar-refractivity contribution in [2.24, 2.45) is 23.2 Å². The molecule has 0 spiro atoms. The lowest BCUT2D eigenvalue weighted by Crippen LogP contribution is -2.58. The first-order valence-corrected chi connectivity index (χ1v) is 12.5. The first-order valence-electron chi connectivity index (χ1n) is 11.0. The Labute approximate surface area is 180 Å². The molecule has 0 unspecified atom stereocenters. The Balaban J connectivity index is 1.31. The Morgan fingerprint density at radius 1 is 0.903 bits per heavy atom. The molecule has 6 rings (SSSR count). The van der Waals surface area contributed by atoms with E-state index < -0.39 is 26.7 Å². The van der Waals surface area contributed by atoms with Gasteiger partial charge in [0.15, 0.2) is 0 Å². The van der Waals surface area contributed by atoms with Crippen molar-refractivity contribution in [3.63, 3.8) is 0 Å². The minimum absolute atomic E-state index is 0.0205. The van der Waals surface area contributed by atoms with Gasteiger partial charge in [0.25, 0.3) is 0 Å². The summed E-state index contributed by atoms with van der Waals surface area (Å²) in [5.74, 6) is 2.04. The summed E-state index contributed by atoms with van der Waals surface area (Å²) < 4.78 is 67.0. The molecule has 31 heavy (non-hydrogen) atoms. The Kier molecular flexibility index (Phi) is 4.93. The quantitative estimate of drug-likeness (QED) is 0.696. The van der Waals surface area contributed by atoms with Gasteiger partial charge in [-0.2, -0.15) is 17.5 Å². The van der Waals surface area contributed by atoms with Crippen molar-refractivity contribution in [3.8, 4) is 0 Å². The molecule has 4 aliphatic carbocycles. The molecule has 4 bridgehead atoms. The van der Waals surface area contributed by atoms with Crippen molar-refractivity contribution in [1.82, 2.24) is 9.21 Å². The van der Waals surface area contributed by atoms with Crippen LogP contribution < -0.4 is 0 Å². The third-order valence-corrected chi connectivity index (χ3v) is 9.78. The van der Waals surface area contributed by atoms with Crippen LogP contribution in [-0.4, -0.2) is 49.7 Å². The molecule has 5 aliphatic rings. The van der Waals surface area contributed by atoms with E-state index in [1.807, 2.05) is 0 Å². The van der Waals surface area contributed by atoms with Crippen LogP contribution in [0.1, 0.15) is 44.1 Å². The fraction of sp³-hybridized carbons (Fsp3) is 0.682. The van der Waals surface area contributed by atoms with E-state index in [9.17, 15) is 26.4 Å². The van der Waals surface area contributed by atoms with Gasteiger partial charge in [0, 0.05) is 26.2 Å². The summed E-state index contributed by atoms with van der Waals surface area (Å²) in [6.45, 7) is 0.501. The largest absolute Gasteiger partial charge is 0.417 e. The molecule has 5 fully saturated rings. The predicted octanol–water partition coefficient (Wildman–Crippen LogP) is 3.75. The maximum atomic E-state index is 13.5. The van der Waals surface area contributed by atoms with E-state index in [2.05, 4.69) is 0 Å². The maximum Gasteiger partial charge on any atom is 0.417 e. The summed E-state index contributed by atoms with van der Waals surface area (Å²) in [4.78, 5) is 14.5. The van der Waals surface area contributed by atoms with Gasteiger partial charge in [-0.05, 0) is 68.4 Å². The summed E-state index contributed by atoms with van der Waals surface area (Å²) in [5, 5.41) is 0. The van der Waals surface area contributed by atoms with Gasteiger partial charge in [-0.3, -0.25) is 4.79 Å². The highest BCUT2D eigenvalue weighted by Crippen LogP contribution is 2.60. The highest BCUT2D eigenvalue weighted by atomic mass is 32.2. The topological polar surface area (TPSA) is 57.7 Å². The van der Waals surface area contributed by atoms with Crippen molar-refractivity contribution >= 4 is 15.9 Å². The molecule has 170 valence electrons. The zero-order chi connectivity index (χ0) is 22.0. The molecule has 1 amide bonds. The Morgan fingerprint density at radius 3 is 1.94 bits per heavy atom. The first-order chi connectivity index (χ1) is 14.6. The van der Waals surface area contributed by atoms with Gasteiger partial charge in [-0.25, -0.2) is 8.42 Å². The van der Waals surface area contributed by atoms with Crippen LogP contribution in [0.15, 0.2) is 29.2 Å². The van der Waals surface area contributed by atoms with Gasteiger partial charge in [0.2, 0.25) is 15.9 Å². The number of benzene rings is 1. The van der Waals surface area contributed by atoms with Crippen molar-refractivity contribution in [3.05, 3.63) is 29.8 Å². The van der Waals surface area contributed by atoms with Gasteiger partial charge >= 0.3 is 6.18 Å². The average molecular weight is 457 g/mol. The monoisotopic (exact) mass is 456 g/mol. The van der Waals surface area contributed by atoms with Crippen LogP contribution in [0, 0.1) is 23.2 Å². The fourth-order valence-corrected chi connectivity index (χ4v) is 8.54. The van der Waals surface area contributed by atoms with Gasteiger partial charge in [-0.15, -0.1) is 0 Å². The van der Waals surface area contributed by atoms with Crippen LogP contribution in [0.25, 0.3) is 0 Å². The third-order valence-electron chi connectivity index (χ3n) is 7.83. The number of carbonyl (C=O) groups excluding carboxylic acids is 1. The molecule has 1 aromatic carbocycles. The number of amides is 1. The van der Waals surface area contributed by atoms with Crippen LogP contribution in [0.2, 0.25) is 0 Å². The molecule has 0 aromatic heterocycles. The molecule has 0 atom stereocenters. The first kappa shape index (κ1) is 21.2. The van der Waals surface area contributed by atoms with Crippen molar-refractivity contribution in [1.29, 1.82) is 0 Å². The lowest BCUT2D eigenvalue weighted by atomic mass is 9.49. The van der Waals surface area contributed by atoms with Gasteiger partial charge in [0.05, 0.1) is 15.9 Å². The van der Waals surface area contributed by atoms with Crippen LogP contribution in [0.4, 0.5) is 13.2 Å². The summed E-state index contributed by atoms with van der Waals surface area (Å²) >= 11 is 0.